The van der Waals surface area contributed by atoms with E-state index >= 15 is 0 Å². The van der Waals surface area contributed by atoms with E-state index in [1.807, 2.05) is 48.5 Å². The topological polar surface area (TPSA) is 114 Å². The predicted octanol–water partition coefficient (Wildman–Crippen LogP) is 6.00. The lowest BCUT2D eigenvalue weighted by molar-refractivity contribution is -0.140. The highest BCUT2D eigenvalue weighted by atomic mass is 32.2. The summed E-state index contributed by atoms with van der Waals surface area (Å²) in [5.74, 6) is 0.345. The standard InChI is InChI=1S/C39H45N3O7S/c1-47-32-19-13-16-30(24-32)27-41(36(25-29-14-7-4-8-15-29)39(44)40-31-17-9-5-10-18-31)38(43)28-42(50(45,46)34-20-11-6-12-21-34)35-26-33(48-2)22-23-37(35)49-3/h4,6-8,11-16,19-24,26,31,36H,5,9-10,17-18,25,27-28H2,1-3H3,(H,40,44)/t36-/m0/s1. The van der Waals surface area contributed by atoms with Crippen molar-refractivity contribution in [2.45, 2.75) is 62.0 Å². The number of carbonyl (C=O) groups excluding carboxylic acids is 2. The van der Waals surface area contributed by atoms with Gasteiger partial charge in [0.2, 0.25) is 11.8 Å². The second-order valence-corrected chi connectivity index (χ2v) is 14.1. The van der Waals surface area contributed by atoms with E-state index in [2.05, 4.69) is 5.32 Å². The average molecular weight is 700 g/mol. The van der Waals surface area contributed by atoms with Gasteiger partial charge >= 0.3 is 0 Å². The van der Waals surface area contributed by atoms with Crippen LogP contribution < -0.4 is 23.8 Å². The largest absolute Gasteiger partial charge is 0.497 e. The summed E-state index contributed by atoms with van der Waals surface area (Å²) in [5, 5.41) is 3.23. The molecule has 0 aromatic heterocycles. The summed E-state index contributed by atoms with van der Waals surface area (Å²) in [6.07, 6.45) is 5.13. The Morgan fingerprint density at radius 3 is 2.06 bits per heavy atom. The van der Waals surface area contributed by atoms with E-state index in [4.69, 9.17) is 14.2 Å². The van der Waals surface area contributed by atoms with Crippen molar-refractivity contribution in [1.29, 1.82) is 0 Å². The van der Waals surface area contributed by atoms with Crippen LogP contribution in [0.2, 0.25) is 0 Å². The molecule has 1 aliphatic rings. The molecule has 1 N–H and O–H groups in total. The zero-order valence-electron chi connectivity index (χ0n) is 28.8. The highest BCUT2D eigenvalue weighted by Crippen LogP contribution is 2.36. The molecule has 1 saturated carbocycles. The van der Waals surface area contributed by atoms with Crippen molar-refractivity contribution < 1.29 is 32.2 Å². The first-order chi connectivity index (χ1) is 24.2. The van der Waals surface area contributed by atoms with Gasteiger partial charge in [0.15, 0.2) is 0 Å². The summed E-state index contributed by atoms with van der Waals surface area (Å²) < 4.78 is 46.4. The number of nitrogens with zero attached hydrogens (tertiary/aromatic N) is 2. The number of hydrogen-bond acceptors (Lipinski definition) is 7. The summed E-state index contributed by atoms with van der Waals surface area (Å²) in [6, 6.07) is 28.5. The summed E-state index contributed by atoms with van der Waals surface area (Å²) in [5.41, 5.74) is 1.71. The lowest BCUT2D eigenvalue weighted by Gasteiger charge is -2.35. The molecular formula is C39H45N3O7S. The summed E-state index contributed by atoms with van der Waals surface area (Å²) in [6.45, 7) is -0.590. The van der Waals surface area contributed by atoms with Crippen LogP contribution in [-0.2, 0) is 32.6 Å². The molecule has 4 aromatic carbocycles. The molecule has 0 saturated heterocycles. The normalized spacial score (nSPS) is 13.9. The number of nitrogens with one attached hydrogen (secondary N) is 1. The van der Waals surface area contributed by atoms with E-state index in [0.29, 0.717) is 11.5 Å². The van der Waals surface area contributed by atoms with Gasteiger partial charge in [-0.2, -0.15) is 0 Å². The van der Waals surface area contributed by atoms with Crippen molar-refractivity contribution in [2.75, 3.05) is 32.2 Å². The minimum atomic E-state index is -4.32. The Hall–Kier alpha value is -5.03. The van der Waals surface area contributed by atoms with E-state index in [-0.39, 0.29) is 41.2 Å². The molecule has 10 nitrogen and oxygen atoms in total. The molecule has 1 atom stereocenters. The molecule has 0 spiro atoms. The average Bonchev–Trinajstić information content (AvgIpc) is 3.16. The van der Waals surface area contributed by atoms with Crippen molar-refractivity contribution in [3.63, 3.8) is 0 Å². The molecule has 0 aliphatic heterocycles. The molecule has 0 heterocycles. The summed E-state index contributed by atoms with van der Waals surface area (Å²) in [4.78, 5) is 30.7. The SMILES string of the molecule is COc1cccc(CN(C(=O)CN(c2cc(OC)ccc2OC)S(=O)(=O)c2ccccc2)[C@@H](Cc2ccccc2)C(=O)NC2CCCCC2)c1. The maximum atomic E-state index is 14.9. The Morgan fingerprint density at radius 2 is 1.40 bits per heavy atom. The fourth-order valence-electron chi connectivity index (χ4n) is 6.29. The van der Waals surface area contributed by atoms with Crippen LogP contribution in [0.25, 0.3) is 0 Å². The van der Waals surface area contributed by atoms with Gasteiger partial charge in [0.05, 0.1) is 31.9 Å². The van der Waals surface area contributed by atoms with Gasteiger partial charge in [0.25, 0.3) is 10.0 Å². The van der Waals surface area contributed by atoms with Gasteiger partial charge in [-0.25, -0.2) is 8.42 Å². The molecule has 0 radical (unpaired) electrons. The summed E-state index contributed by atoms with van der Waals surface area (Å²) in [7, 11) is 0.145. The monoisotopic (exact) mass is 699 g/mol. The fourth-order valence-corrected chi connectivity index (χ4v) is 7.73. The van der Waals surface area contributed by atoms with Crippen LogP contribution in [0.4, 0.5) is 5.69 Å². The van der Waals surface area contributed by atoms with Crippen LogP contribution >= 0.6 is 0 Å². The maximum absolute atomic E-state index is 14.9. The fraction of sp³-hybridized carbons (Fsp3) is 0.333. The number of sulfonamides is 1. The molecular weight excluding hydrogens is 655 g/mol. The molecule has 0 unspecified atom stereocenters. The third-order valence-electron chi connectivity index (χ3n) is 8.97. The van der Waals surface area contributed by atoms with Crippen molar-refractivity contribution in [1.82, 2.24) is 10.2 Å². The molecule has 2 amide bonds. The smallest absolute Gasteiger partial charge is 0.264 e. The molecule has 1 fully saturated rings. The third-order valence-corrected chi connectivity index (χ3v) is 10.7. The maximum Gasteiger partial charge on any atom is 0.264 e. The van der Waals surface area contributed by atoms with Crippen molar-refractivity contribution in [2.24, 2.45) is 0 Å². The van der Waals surface area contributed by atoms with Gasteiger partial charge in [0, 0.05) is 25.1 Å². The first-order valence-corrected chi connectivity index (χ1v) is 18.2. The zero-order valence-corrected chi connectivity index (χ0v) is 29.6. The minimum absolute atomic E-state index is 0.000652. The van der Waals surface area contributed by atoms with E-state index in [1.165, 1.54) is 37.3 Å². The Balaban J connectivity index is 1.61. The molecule has 5 rings (SSSR count). The van der Waals surface area contributed by atoms with E-state index < -0.39 is 28.5 Å². The number of rotatable bonds is 15. The van der Waals surface area contributed by atoms with Crippen LogP contribution in [0.3, 0.4) is 0 Å². The van der Waals surface area contributed by atoms with Crippen LogP contribution in [0.15, 0.2) is 108 Å². The second-order valence-electron chi connectivity index (χ2n) is 12.3. The molecule has 264 valence electrons. The first-order valence-electron chi connectivity index (χ1n) is 16.8. The van der Waals surface area contributed by atoms with E-state index in [9.17, 15) is 18.0 Å². The zero-order chi connectivity index (χ0) is 35.5. The third kappa shape index (κ3) is 8.95. The quantitative estimate of drug-likeness (QED) is 0.162. The Kier molecular flexibility index (Phi) is 12.4. The van der Waals surface area contributed by atoms with Crippen LogP contribution in [0, 0.1) is 0 Å². The van der Waals surface area contributed by atoms with Crippen molar-refractivity contribution >= 4 is 27.5 Å². The van der Waals surface area contributed by atoms with Gasteiger partial charge in [-0.3, -0.25) is 13.9 Å². The van der Waals surface area contributed by atoms with Gasteiger partial charge in [-0.1, -0.05) is 79.9 Å². The number of amides is 2. The van der Waals surface area contributed by atoms with E-state index in [0.717, 1.165) is 47.5 Å². The van der Waals surface area contributed by atoms with Gasteiger partial charge in [-0.15, -0.1) is 0 Å². The summed E-state index contributed by atoms with van der Waals surface area (Å²) >= 11 is 0. The molecule has 50 heavy (non-hydrogen) atoms. The number of ether oxygens (including phenoxy) is 3. The Morgan fingerprint density at radius 1 is 0.760 bits per heavy atom. The van der Waals surface area contributed by atoms with Crippen molar-refractivity contribution in [3.05, 3.63) is 114 Å². The van der Waals surface area contributed by atoms with E-state index in [1.54, 1.807) is 43.5 Å². The van der Waals surface area contributed by atoms with Crippen LogP contribution in [0.1, 0.15) is 43.2 Å². The second kappa shape index (κ2) is 17.1. The molecule has 1 aliphatic carbocycles. The lowest BCUT2D eigenvalue weighted by Crippen LogP contribution is -2.55. The number of carbonyl (C=O) groups is 2. The highest BCUT2D eigenvalue weighted by Gasteiger charge is 2.36. The number of methoxy groups -OCH3 is 3. The first kappa shape index (κ1) is 36.3. The number of benzene rings is 4. The lowest BCUT2D eigenvalue weighted by atomic mass is 9.94. The highest BCUT2D eigenvalue weighted by molar-refractivity contribution is 7.92. The van der Waals surface area contributed by atoms with Gasteiger partial charge in [-0.05, 0) is 60.4 Å². The Bertz CT molecular complexity index is 1830. The van der Waals surface area contributed by atoms with Gasteiger partial charge in [0.1, 0.15) is 29.8 Å². The van der Waals surface area contributed by atoms with Gasteiger partial charge < -0.3 is 24.4 Å². The van der Waals surface area contributed by atoms with Crippen LogP contribution in [-0.4, -0.2) is 65.1 Å². The Labute approximate surface area is 295 Å². The van der Waals surface area contributed by atoms with Crippen LogP contribution in [0.5, 0.6) is 17.2 Å². The molecule has 4 aromatic rings. The predicted molar refractivity (Wildman–Crippen MR) is 193 cm³/mol. The van der Waals surface area contributed by atoms with Crippen molar-refractivity contribution in [3.8, 4) is 17.2 Å². The number of hydrogen-bond donors (Lipinski definition) is 1. The molecule has 0 bridgehead atoms. The number of anilines is 1. The minimum Gasteiger partial charge on any atom is -0.497 e. The molecule has 11 heteroatoms.